The van der Waals surface area contributed by atoms with E-state index in [-0.39, 0.29) is 5.56 Å². The number of aromatic nitrogens is 1. The van der Waals surface area contributed by atoms with Crippen LogP contribution in [0.5, 0.6) is 0 Å². The topological polar surface area (TPSA) is 50.2 Å². The number of carboxylic acid groups (broad SMARTS) is 1. The van der Waals surface area contributed by atoms with E-state index in [1.165, 1.54) is 12.1 Å². The van der Waals surface area contributed by atoms with E-state index in [4.69, 9.17) is 5.11 Å². The highest BCUT2D eigenvalue weighted by Crippen LogP contribution is 2.22. The van der Waals surface area contributed by atoms with Crippen LogP contribution < -0.4 is 0 Å². The maximum Gasteiger partial charge on any atom is 0.343 e. The summed E-state index contributed by atoms with van der Waals surface area (Å²) >= 11 is 0. The summed E-state index contributed by atoms with van der Waals surface area (Å²) in [6, 6.07) is 6.36. The minimum absolute atomic E-state index is 0.154. The molecule has 0 aliphatic carbocycles. The number of aliphatic carboxylic acids is 1. The van der Waals surface area contributed by atoms with Gasteiger partial charge in [0.05, 0.1) is 0 Å². The van der Waals surface area contributed by atoms with Crippen molar-refractivity contribution in [2.24, 2.45) is 0 Å². The molecule has 0 aliphatic heterocycles. The first-order valence-electron chi connectivity index (χ1n) is 4.39. The Bertz CT molecular complexity index is 513. The number of fused-ring (bicyclic) bond motifs is 1. The maximum absolute atomic E-state index is 13.2. The molecule has 0 saturated carbocycles. The van der Waals surface area contributed by atoms with Gasteiger partial charge >= 0.3 is 5.97 Å². The van der Waals surface area contributed by atoms with Crippen LogP contribution in [0.25, 0.3) is 10.8 Å². The number of alkyl halides is 1. The Hall–Kier alpha value is -1.97. The predicted octanol–water partition coefficient (Wildman–Crippen LogP) is 2.33. The van der Waals surface area contributed by atoms with Gasteiger partial charge in [0.25, 0.3) is 0 Å². The summed E-state index contributed by atoms with van der Waals surface area (Å²) in [7, 11) is 0. The predicted molar refractivity (Wildman–Crippen MR) is 53.2 cm³/mol. The summed E-state index contributed by atoms with van der Waals surface area (Å²) in [6.45, 7) is 0. The smallest absolute Gasteiger partial charge is 0.343 e. The highest BCUT2D eigenvalue weighted by atomic mass is 19.1. The number of halogens is 1. The fourth-order valence-corrected chi connectivity index (χ4v) is 1.40. The number of nitrogens with zero attached hydrogens (tertiary/aromatic N) is 1. The third kappa shape index (κ3) is 1.79. The Kier molecular flexibility index (Phi) is 2.33. The van der Waals surface area contributed by atoms with Crippen LogP contribution in [0.4, 0.5) is 4.39 Å². The van der Waals surface area contributed by atoms with Crippen molar-refractivity contribution in [3.05, 3.63) is 42.2 Å². The van der Waals surface area contributed by atoms with E-state index in [1.807, 2.05) is 0 Å². The molecule has 1 heterocycles. The third-order valence-electron chi connectivity index (χ3n) is 2.17. The van der Waals surface area contributed by atoms with Gasteiger partial charge in [-0.2, -0.15) is 0 Å². The molecule has 0 fully saturated rings. The van der Waals surface area contributed by atoms with Gasteiger partial charge < -0.3 is 5.11 Å². The maximum atomic E-state index is 13.2. The van der Waals surface area contributed by atoms with Crippen LogP contribution in [0.3, 0.4) is 0 Å². The zero-order valence-electron chi connectivity index (χ0n) is 7.72. The Balaban J connectivity index is 2.51. The van der Waals surface area contributed by atoms with Crippen molar-refractivity contribution < 1.29 is 14.3 Å². The monoisotopic (exact) mass is 205 g/mol. The molecular formula is C11H8FNO2. The number of pyridine rings is 1. The summed E-state index contributed by atoms with van der Waals surface area (Å²) < 4.78 is 13.2. The molecule has 0 radical (unpaired) electrons. The largest absolute Gasteiger partial charge is 0.479 e. The number of hydrogen-bond donors (Lipinski definition) is 1. The quantitative estimate of drug-likeness (QED) is 0.818. The normalized spacial score (nSPS) is 12.6. The Morgan fingerprint density at radius 1 is 1.33 bits per heavy atom. The molecule has 0 aliphatic rings. The molecule has 4 heteroatoms. The molecule has 1 N–H and O–H groups in total. The van der Waals surface area contributed by atoms with Crippen molar-refractivity contribution in [3.8, 4) is 0 Å². The molecule has 15 heavy (non-hydrogen) atoms. The van der Waals surface area contributed by atoms with Crippen LogP contribution in [-0.2, 0) is 4.79 Å². The number of benzene rings is 1. The Morgan fingerprint density at radius 3 is 2.87 bits per heavy atom. The second-order valence-corrected chi connectivity index (χ2v) is 3.18. The van der Waals surface area contributed by atoms with Crippen LogP contribution in [0.15, 0.2) is 36.7 Å². The SMILES string of the molecule is O=C(O)C(F)c1ccc2cnccc2c1. The molecule has 3 nitrogen and oxygen atoms in total. The standard InChI is InChI=1S/C11H8FNO2/c12-10(11(14)15)8-1-2-9-6-13-4-3-7(9)5-8/h1-6,10H,(H,14,15). The van der Waals surface area contributed by atoms with E-state index in [0.29, 0.717) is 0 Å². The fourth-order valence-electron chi connectivity index (χ4n) is 1.40. The molecule has 1 unspecified atom stereocenters. The summed E-state index contributed by atoms with van der Waals surface area (Å²) in [6.07, 6.45) is 1.26. The first-order chi connectivity index (χ1) is 7.18. The highest BCUT2D eigenvalue weighted by molar-refractivity contribution is 5.84. The number of carboxylic acids is 1. The van der Waals surface area contributed by atoms with Crippen molar-refractivity contribution >= 4 is 16.7 Å². The first kappa shape index (κ1) is 9.58. The molecule has 1 aromatic heterocycles. The molecule has 76 valence electrons. The molecule has 0 bridgehead atoms. The van der Waals surface area contributed by atoms with Crippen LogP contribution in [0.1, 0.15) is 11.7 Å². The lowest BCUT2D eigenvalue weighted by atomic mass is 10.1. The molecule has 0 saturated heterocycles. The average molecular weight is 205 g/mol. The van der Waals surface area contributed by atoms with Gasteiger partial charge in [0.1, 0.15) is 0 Å². The molecule has 2 aromatic rings. The summed E-state index contributed by atoms with van der Waals surface area (Å²) in [4.78, 5) is 14.4. The lowest BCUT2D eigenvalue weighted by Crippen LogP contribution is -2.05. The number of rotatable bonds is 2. The summed E-state index contributed by atoms with van der Waals surface area (Å²) in [5.41, 5.74) is 0.154. The van der Waals surface area contributed by atoms with Gasteiger partial charge in [0.15, 0.2) is 0 Å². The van der Waals surface area contributed by atoms with E-state index >= 15 is 0 Å². The van der Waals surface area contributed by atoms with Crippen molar-refractivity contribution in [1.82, 2.24) is 4.98 Å². The van der Waals surface area contributed by atoms with Gasteiger partial charge in [-0.05, 0) is 23.1 Å². The molecule has 1 atom stereocenters. The lowest BCUT2D eigenvalue weighted by Gasteiger charge is -2.04. The second-order valence-electron chi connectivity index (χ2n) is 3.18. The molecular weight excluding hydrogens is 197 g/mol. The van der Waals surface area contributed by atoms with Crippen molar-refractivity contribution in [2.45, 2.75) is 6.17 Å². The average Bonchev–Trinajstić information content (AvgIpc) is 2.27. The Morgan fingerprint density at radius 2 is 2.13 bits per heavy atom. The summed E-state index contributed by atoms with van der Waals surface area (Å²) in [5.74, 6) is -1.47. The van der Waals surface area contributed by atoms with E-state index in [0.717, 1.165) is 10.8 Å². The van der Waals surface area contributed by atoms with Gasteiger partial charge in [-0.15, -0.1) is 0 Å². The zero-order valence-corrected chi connectivity index (χ0v) is 7.72. The van der Waals surface area contributed by atoms with Gasteiger partial charge in [0.2, 0.25) is 6.17 Å². The van der Waals surface area contributed by atoms with Gasteiger partial charge in [-0.1, -0.05) is 12.1 Å². The Labute approximate surface area is 85.2 Å². The molecule has 1 aromatic carbocycles. The van der Waals surface area contributed by atoms with Gasteiger partial charge in [0, 0.05) is 17.8 Å². The van der Waals surface area contributed by atoms with Crippen molar-refractivity contribution in [3.63, 3.8) is 0 Å². The minimum atomic E-state index is -1.97. The minimum Gasteiger partial charge on any atom is -0.479 e. The fraction of sp³-hybridized carbons (Fsp3) is 0.0909. The second kappa shape index (κ2) is 3.65. The van der Waals surface area contributed by atoms with Crippen LogP contribution in [-0.4, -0.2) is 16.1 Å². The number of carbonyl (C=O) groups is 1. The van der Waals surface area contributed by atoms with E-state index < -0.39 is 12.1 Å². The molecule has 2 rings (SSSR count). The summed E-state index contributed by atoms with van der Waals surface area (Å²) in [5, 5.41) is 10.2. The number of hydrogen-bond acceptors (Lipinski definition) is 2. The van der Waals surface area contributed by atoms with Gasteiger partial charge in [-0.25, -0.2) is 9.18 Å². The molecule has 0 amide bonds. The zero-order chi connectivity index (χ0) is 10.8. The van der Waals surface area contributed by atoms with E-state index in [2.05, 4.69) is 4.98 Å². The van der Waals surface area contributed by atoms with E-state index in [9.17, 15) is 9.18 Å². The van der Waals surface area contributed by atoms with Crippen LogP contribution in [0.2, 0.25) is 0 Å². The van der Waals surface area contributed by atoms with E-state index in [1.54, 1.807) is 24.5 Å². The third-order valence-corrected chi connectivity index (χ3v) is 2.17. The van der Waals surface area contributed by atoms with Crippen molar-refractivity contribution in [1.29, 1.82) is 0 Å². The molecule has 0 spiro atoms. The van der Waals surface area contributed by atoms with Crippen molar-refractivity contribution in [2.75, 3.05) is 0 Å². The van der Waals surface area contributed by atoms with Crippen LogP contribution >= 0.6 is 0 Å². The van der Waals surface area contributed by atoms with Gasteiger partial charge in [-0.3, -0.25) is 4.98 Å². The lowest BCUT2D eigenvalue weighted by molar-refractivity contribution is -0.143. The van der Waals surface area contributed by atoms with Crippen LogP contribution in [0, 0.1) is 0 Å². The first-order valence-corrected chi connectivity index (χ1v) is 4.39. The highest BCUT2D eigenvalue weighted by Gasteiger charge is 2.18.